The van der Waals surface area contributed by atoms with Crippen LogP contribution in [0.25, 0.3) is 184 Å². The average Bonchev–Trinajstić information content (AvgIpc) is 1.36. The van der Waals surface area contributed by atoms with Gasteiger partial charge < -0.3 is 18.5 Å². The van der Waals surface area contributed by atoms with Crippen molar-refractivity contribution < 1.29 is 32.2 Å². The van der Waals surface area contributed by atoms with E-state index >= 15 is 0 Å². The predicted octanol–water partition coefficient (Wildman–Crippen LogP) is 27.1. The standard InChI is InChI=1S/C46H28OS.C34H21ClS.C12H8BO3/c1-3-15-29(16-4-1)41-31-19-7-9-21-33(31)44(34-22-10-8-20-32(34)41)46-42(30-17-5-2-6-18-30)38-26-13-25-36(45(38)48-46)35-24-14-28-40-43(35)37-23-11-12-27-39(37)47-40;35-29-21-11-20-28-31(23-14-5-2-6-15-23)34(36-33(28)29)32-26-18-9-7-16-24(26)30(22-12-3-1-4-13-22)25-17-8-10-19-27(25)32;14-13-16-11-7-3-6-10-12(11)8-4-1-2-5-9(8)15-10/h1-28H;1-21H;1-7,14H/i1D,3D,4D,15D,16D;1D,3D,4D,12D,13D;. The zero-order chi connectivity index (χ0) is 75.3. The Bertz CT molecular complexity index is 6990. The molecule has 4 heterocycles. The highest BCUT2D eigenvalue weighted by molar-refractivity contribution is 7.24. The molecule has 4 nitrogen and oxygen atoms in total. The molecule has 4 aromatic heterocycles. The fourth-order valence-electron chi connectivity index (χ4n) is 14.5. The molecule has 0 saturated heterocycles. The number of thiophene rings is 2. The highest BCUT2D eigenvalue weighted by Gasteiger charge is 2.27. The number of para-hydroxylation sites is 2. The molecule has 0 spiro atoms. The van der Waals surface area contributed by atoms with E-state index in [1.54, 1.807) is 28.7 Å². The van der Waals surface area contributed by atoms with Gasteiger partial charge in [0.25, 0.3) is 0 Å². The first-order valence-electron chi connectivity index (χ1n) is 37.5. The van der Waals surface area contributed by atoms with E-state index in [4.69, 9.17) is 43.8 Å². The van der Waals surface area contributed by atoms with Gasteiger partial charge in [0.15, 0.2) is 0 Å². The number of halogens is 1. The van der Waals surface area contributed by atoms with Crippen LogP contribution in [-0.2, 0) is 0 Å². The van der Waals surface area contributed by atoms with Crippen molar-refractivity contribution in [1.29, 1.82) is 0 Å². The fraction of sp³-hybridized carbons (Fsp3) is 0. The monoisotopic (exact) mass is 1350 g/mol. The Labute approximate surface area is 604 Å². The van der Waals surface area contributed by atoms with Gasteiger partial charge in [0, 0.05) is 69.2 Å². The normalized spacial score (nSPS) is 12.9. The van der Waals surface area contributed by atoms with E-state index in [2.05, 4.69) is 109 Å². The van der Waals surface area contributed by atoms with Gasteiger partial charge in [-0.25, -0.2) is 0 Å². The van der Waals surface area contributed by atoms with Gasteiger partial charge in [0.05, 0.1) is 28.8 Å². The van der Waals surface area contributed by atoms with Crippen LogP contribution in [0.3, 0.4) is 0 Å². The maximum Gasteiger partial charge on any atom is 0.569 e. The number of benzene rings is 16. The molecule has 20 aromatic rings. The van der Waals surface area contributed by atoms with Gasteiger partial charge in [-0.1, -0.05) is 315 Å². The molecule has 8 heteroatoms. The highest BCUT2D eigenvalue weighted by Crippen LogP contribution is 2.56. The zero-order valence-electron chi connectivity index (χ0n) is 63.0. The summed E-state index contributed by atoms with van der Waals surface area (Å²) in [5, 5.41) is 22.7. The van der Waals surface area contributed by atoms with Crippen LogP contribution < -0.4 is 4.65 Å². The second-order valence-electron chi connectivity index (χ2n) is 24.1. The maximum atomic E-state index is 8.98. The van der Waals surface area contributed by atoms with E-state index in [-0.39, 0.29) is 59.5 Å². The minimum Gasteiger partial charge on any atom is -0.537 e. The Kier molecular flexibility index (Phi) is 13.1. The summed E-state index contributed by atoms with van der Waals surface area (Å²) in [6, 6.07) is 90.0. The van der Waals surface area contributed by atoms with E-state index in [1.807, 2.05) is 164 Å². The lowest BCUT2D eigenvalue weighted by molar-refractivity contribution is 0.456. The van der Waals surface area contributed by atoms with E-state index in [1.165, 1.54) is 0 Å². The molecule has 0 amide bonds. The van der Waals surface area contributed by atoms with Crippen molar-refractivity contribution >= 4 is 149 Å². The molecule has 0 unspecified atom stereocenters. The molecular formula is C92H57BClO4S2. The third-order valence-electron chi connectivity index (χ3n) is 18.6. The van der Waals surface area contributed by atoms with E-state index in [0.29, 0.717) is 29.6 Å². The van der Waals surface area contributed by atoms with E-state index in [0.717, 1.165) is 161 Å². The molecule has 0 aliphatic carbocycles. The van der Waals surface area contributed by atoms with Crippen molar-refractivity contribution in [3.05, 3.63) is 344 Å². The quantitative estimate of drug-likeness (QED) is 0.116. The molecule has 471 valence electrons. The van der Waals surface area contributed by atoms with Crippen molar-refractivity contribution in [3.8, 4) is 82.3 Å². The van der Waals surface area contributed by atoms with Crippen LogP contribution in [0.5, 0.6) is 5.75 Å². The van der Waals surface area contributed by atoms with E-state index in [9.17, 15) is 0 Å². The first-order chi connectivity index (χ1) is 53.7. The SMILES string of the molecule is O[B]Oc1cccc2oc3ccccc3c12.[2H]c1c([2H])c([2H])c(-c2c3ccccc3c(-c3sc4c(-c5cccc6oc7ccccc7c56)cccc4c3-c3ccccc3)c3ccccc23)c([2H])c1[2H].[2H]c1c([2H])c([2H])c(-c2c3ccccc3c(-c3sc4c(Cl)cccc4c3-c3ccccc3)c3ccccc23)c([2H])c1[2H]. The Morgan fingerprint density at radius 3 is 1.13 bits per heavy atom. The van der Waals surface area contributed by atoms with Crippen molar-refractivity contribution in [1.82, 2.24) is 0 Å². The summed E-state index contributed by atoms with van der Waals surface area (Å²) >= 11 is 10.2. The molecule has 0 saturated carbocycles. The molecule has 0 aliphatic rings. The molecule has 0 atom stereocenters. The summed E-state index contributed by atoms with van der Waals surface area (Å²) in [7, 11) is 0.677. The Hall–Kier alpha value is -11.8. The molecule has 1 N–H and O–H groups in total. The minimum atomic E-state index is -0.401. The van der Waals surface area contributed by atoms with Crippen LogP contribution in [0.1, 0.15) is 13.7 Å². The van der Waals surface area contributed by atoms with Gasteiger partial charge in [-0.05, 0) is 118 Å². The summed E-state index contributed by atoms with van der Waals surface area (Å²) in [5.41, 5.74) is 13.7. The lowest BCUT2D eigenvalue weighted by Gasteiger charge is -2.18. The lowest BCUT2D eigenvalue weighted by Crippen LogP contribution is -1.99. The summed E-state index contributed by atoms with van der Waals surface area (Å²) in [6.07, 6.45) is 0. The van der Waals surface area contributed by atoms with Crippen LogP contribution in [0.4, 0.5) is 0 Å². The summed E-state index contributed by atoms with van der Waals surface area (Å²) in [5.74, 6) is 0.588. The number of fused-ring (bicyclic) bond motifs is 12. The van der Waals surface area contributed by atoms with Gasteiger partial charge in [-0.15, -0.1) is 22.7 Å². The lowest BCUT2D eigenvalue weighted by atomic mass is 9.86. The van der Waals surface area contributed by atoms with Crippen LogP contribution in [-0.4, -0.2) is 12.7 Å². The van der Waals surface area contributed by atoms with Crippen LogP contribution >= 0.6 is 34.3 Å². The van der Waals surface area contributed by atoms with Crippen LogP contribution in [0.15, 0.2) is 348 Å². The molecule has 1 radical (unpaired) electrons. The number of rotatable bonds is 9. The molecule has 100 heavy (non-hydrogen) atoms. The Balaban J connectivity index is 0.000000131. The van der Waals surface area contributed by atoms with Crippen molar-refractivity contribution in [2.75, 3.05) is 0 Å². The van der Waals surface area contributed by atoms with Crippen LogP contribution in [0.2, 0.25) is 5.02 Å². The first-order valence-corrected chi connectivity index (χ1v) is 34.5. The second kappa shape index (κ2) is 25.9. The zero-order valence-corrected chi connectivity index (χ0v) is 55.4. The largest absolute Gasteiger partial charge is 0.569 e. The summed E-state index contributed by atoms with van der Waals surface area (Å²) < 4.78 is 105. The first kappa shape index (κ1) is 50.5. The van der Waals surface area contributed by atoms with Crippen molar-refractivity contribution in [3.63, 3.8) is 0 Å². The van der Waals surface area contributed by atoms with Gasteiger partial charge >= 0.3 is 7.69 Å². The van der Waals surface area contributed by atoms with Gasteiger partial charge in [-0.2, -0.15) is 0 Å². The maximum absolute atomic E-state index is 8.98. The fourth-order valence-corrected chi connectivity index (χ4v) is 17.5. The number of furan rings is 2. The predicted molar refractivity (Wildman–Crippen MR) is 426 cm³/mol. The second-order valence-corrected chi connectivity index (χ2v) is 26.5. The third-order valence-corrected chi connectivity index (χ3v) is 21.5. The number of hydrogen-bond acceptors (Lipinski definition) is 6. The van der Waals surface area contributed by atoms with Crippen molar-refractivity contribution in [2.24, 2.45) is 0 Å². The van der Waals surface area contributed by atoms with Gasteiger partial charge in [0.1, 0.15) is 28.1 Å². The Morgan fingerprint density at radius 1 is 0.300 bits per heavy atom. The van der Waals surface area contributed by atoms with Crippen LogP contribution in [0, 0.1) is 0 Å². The number of hydrogen-bond donors (Lipinski definition) is 1. The topological polar surface area (TPSA) is 55.7 Å². The average molecular weight is 1350 g/mol. The van der Waals surface area contributed by atoms with Gasteiger partial charge in [0.2, 0.25) is 0 Å². The Morgan fingerprint density at radius 2 is 0.650 bits per heavy atom. The van der Waals surface area contributed by atoms with Crippen molar-refractivity contribution in [2.45, 2.75) is 0 Å². The van der Waals surface area contributed by atoms with Gasteiger partial charge in [-0.3, -0.25) is 0 Å². The third kappa shape index (κ3) is 10.4. The molecule has 16 aromatic carbocycles. The molecular weight excluding hydrogens is 1280 g/mol. The van der Waals surface area contributed by atoms with E-state index < -0.39 is 12.1 Å². The molecule has 0 aliphatic heterocycles. The smallest absolute Gasteiger partial charge is 0.537 e. The summed E-state index contributed by atoms with van der Waals surface area (Å²) in [6.45, 7) is 0. The minimum absolute atomic E-state index is 0.206. The molecule has 20 rings (SSSR count). The summed E-state index contributed by atoms with van der Waals surface area (Å²) in [4.78, 5) is 2.17. The molecule has 0 fully saturated rings. The molecule has 0 bridgehead atoms. The highest BCUT2D eigenvalue weighted by atomic mass is 35.5.